The van der Waals surface area contributed by atoms with Crippen molar-refractivity contribution in [2.75, 3.05) is 5.32 Å². The molecule has 0 spiro atoms. The Morgan fingerprint density at radius 2 is 2.16 bits per heavy atom. The van der Waals surface area contributed by atoms with Crippen LogP contribution in [0, 0.1) is 12.7 Å². The first-order valence-corrected chi connectivity index (χ1v) is 8.50. The number of benzene rings is 1. The fraction of sp³-hybridized carbons (Fsp3) is 0.188. The van der Waals surface area contributed by atoms with Crippen LogP contribution in [0.4, 0.5) is 10.1 Å². The molecule has 1 amide bonds. The lowest BCUT2D eigenvalue weighted by Crippen LogP contribution is -2.22. The lowest BCUT2D eigenvalue weighted by Gasteiger charge is -2.11. The van der Waals surface area contributed by atoms with Crippen molar-refractivity contribution in [3.63, 3.8) is 0 Å². The van der Waals surface area contributed by atoms with Gasteiger partial charge in [0, 0.05) is 0 Å². The highest BCUT2D eigenvalue weighted by atomic mass is 35.5. The average molecular weight is 382 g/mol. The van der Waals surface area contributed by atoms with Crippen LogP contribution in [0.15, 0.2) is 44.6 Å². The summed E-state index contributed by atoms with van der Waals surface area (Å²) >= 11 is 7.01. The number of carbonyl (C=O) groups excluding carboxylic acids is 1. The highest BCUT2D eigenvalue weighted by Gasteiger charge is 2.20. The van der Waals surface area contributed by atoms with Gasteiger partial charge in [-0.05, 0) is 38.1 Å². The molecule has 2 heterocycles. The van der Waals surface area contributed by atoms with Gasteiger partial charge in [0.25, 0.3) is 11.1 Å². The molecule has 0 aliphatic carbocycles. The summed E-state index contributed by atoms with van der Waals surface area (Å²) in [6.07, 6.45) is 1.53. The number of nitrogens with zero attached hydrogens (tertiary/aromatic N) is 2. The molecule has 3 rings (SSSR count). The van der Waals surface area contributed by atoms with E-state index in [1.54, 1.807) is 19.9 Å². The molecule has 3 aromatic rings. The monoisotopic (exact) mass is 381 g/mol. The largest absolute Gasteiger partial charge is 0.469 e. The van der Waals surface area contributed by atoms with E-state index in [0.29, 0.717) is 22.9 Å². The minimum Gasteiger partial charge on any atom is -0.469 e. The van der Waals surface area contributed by atoms with Gasteiger partial charge in [0.2, 0.25) is 5.91 Å². The first-order chi connectivity index (χ1) is 11.9. The summed E-state index contributed by atoms with van der Waals surface area (Å²) in [6.45, 7) is 3.47. The van der Waals surface area contributed by atoms with Crippen LogP contribution in [0.25, 0.3) is 11.5 Å². The highest BCUT2D eigenvalue weighted by molar-refractivity contribution is 8.00. The normalized spacial score (nSPS) is 12.2. The number of hydrogen-bond donors (Lipinski definition) is 1. The molecule has 1 N–H and O–H groups in total. The van der Waals surface area contributed by atoms with E-state index in [9.17, 15) is 9.18 Å². The molecule has 1 aromatic carbocycles. The third-order valence-electron chi connectivity index (χ3n) is 3.33. The molecule has 0 aliphatic rings. The molecule has 0 unspecified atom stereocenters. The van der Waals surface area contributed by atoms with Gasteiger partial charge in [-0.15, -0.1) is 10.2 Å². The quantitative estimate of drug-likeness (QED) is 0.653. The molecule has 6 nitrogen and oxygen atoms in total. The Labute approximate surface area is 151 Å². The summed E-state index contributed by atoms with van der Waals surface area (Å²) in [5.41, 5.74) is 1.04. The first kappa shape index (κ1) is 17.5. The number of rotatable bonds is 5. The first-order valence-electron chi connectivity index (χ1n) is 7.24. The number of aryl methyl sites for hydroxylation is 1. The molecule has 25 heavy (non-hydrogen) atoms. The smallest absolute Gasteiger partial charge is 0.277 e. The van der Waals surface area contributed by atoms with Gasteiger partial charge in [0.05, 0.1) is 27.8 Å². The molecule has 1 atom stereocenters. The summed E-state index contributed by atoms with van der Waals surface area (Å²) in [5.74, 6) is 0.191. The van der Waals surface area contributed by atoms with E-state index in [-0.39, 0.29) is 16.2 Å². The number of hydrogen-bond acceptors (Lipinski definition) is 6. The number of amides is 1. The molecule has 9 heteroatoms. The molecule has 0 fully saturated rings. The Morgan fingerprint density at radius 1 is 1.36 bits per heavy atom. The van der Waals surface area contributed by atoms with E-state index in [4.69, 9.17) is 20.4 Å². The van der Waals surface area contributed by atoms with Gasteiger partial charge in [0.15, 0.2) is 0 Å². The number of aromatic nitrogens is 2. The van der Waals surface area contributed by atoms with Crippen LogP contribution < -0.4 is 5.32 Å². The van der Waals surface area contributed by atoms with Gasteiger partial charge in [-0.2, -0.15) is 0 Å². The van der Waals surface area contributed by atoms with Gasteiger partial charge in [0.1, 0.15) is 11.6 Å². The van der Waals surface area contributed by atoms with Crippen LogP contribution in [0.5, 0.6) is 0 Å². The maximum Gasteiger partial charge on any atom is 0.277 e. The second kappa shape index (κ2) is 7.28. The van der Waals surface area contributed by atoms with Gasteiger partial charge in [-0.1, -0.05) is 23.4 Å². The number of thioether (sulfide) groups is 1. The Balaban J connectivity index is 1.66. The summed E-state index contributed by atoms with van der Waals surface area (Å²) < 4.78 is 23.8. The van der Waals surface area contributed by atoms with Gasteiger partial charge < -0.3 is 14.2 Å². The van der Waals surface area contributed by atoms with Crippen molar-refractivity contribution in [3.05, 3.63) is 47.1 Å². The third-order valence-corrected chi connectivity index (χ3v) is 4.58. The number of carbonyl (C=O) groups is 1. The zero-order valence-electron chi connectivity index (χ0n) is 13.2. The molecule has 130 valence electrons. The SMILES string of the molecule is Cc1occc1-c1nnc(S[C@H](C)C(=O)Nc2ccc(F)cc2Cl)o1. The van der Waals surface area contributed by atoms with Crippen LogP contribution in [0.3, 0.4) is 0 Å². The van der Waals surface area contributed by atoms with Gasteiger partial charge in [-0.3, -0.25) is 4.79 Å². The minimum atomic E-state index is -0.528. The van der Waals surface area contributed by atoms with Crippen molar-refractivity contribution in [2.45, 2.75) is 24.3 Å². The molecule has 0 aliphatic heterocycles. The van der Waals surface area contributed by atoms with Crippen LogP contribution >= 0.6 is 23.4 Å². The van der Waals surface area contributed by atoms with Gasteiger partial charge >= 0.3 is 0 Å². The van der Waals surface area contributed by atoms with Crippen LogP contribution in [-0.4, -0.2) is 21.4 Å². The maximum absolute atomic E-state index is 13.0. The van der Waals surface area contributed by atoms with Crippen molar-refractivity contribution in [2.24, 2.45) is 0 Å². The van der Waals surface area contributed by atoms with Crippen molar-refractivity contribution >= 4 is 35.0 Å². The maximum atomic E-state index is 13.0. The molecule has 0 radical (unpaired) electrons. The standard InChI is InChI=1S/C16H13ClFN3O3S/c1-8-11(5-6-23-8)15-20-21-16(24-15)25-9(2)14(22)19-13-4-3-10(18)7-12(13)17/h3-7,9H,1-2H3,(H,19,22)/t9-/m1/s1. The van der Waals surface area contributed by atoms with Crippen molar-refractivity contribution in [1.29, 1.82) is 0 Å². The van der Waals surface area contributed by atoms with E-state index in [0.717, 1.165) is 17.8 Å². The van der Waals surface area contributed by atoms with Crippen molar-refractivity contribution < 1.29 is 18.0 Å². The van der Waals surface area contributed by atoms with Crippen molar-refractivity contribution in [1.82, 2.24) is 10.2 Å². The molecular formula is C16H13ClFN3O3S. The zero-order chi connectivity index (χ0) is 18.0. The number of nitrogens with one attached hydrogen (secondary N) is 1. The summed E-state index contributed by atoms with van der Waals surface area (Å²) in [5, 5.41) is 10.4. The third kappa shape index (κ3) is 4.02. The molecular weight excluding hydrogens is 369 g/mol. The average Bonchev–Trinajstić information content (AvgIpc) is 3.18. The minimum absolute atomic E-state index is 0.126. The molecule has 2 aromatic heterocycles. The Bertz CT molecular complexity index is 912. The fourth-order valence-corrected chi connectivity index (χ4v) is 2.90. The molecule has 0 bridgehead atoms. The van der Waals surface area contributed by atoms with Crippen LogP contribution in [0.2, 0.25) is 5.02 Å². The summed E-state index contributed by atoms with van der Waals surface area (Å²) in [4.78, 5) is 12.3. The lowest BCUT2D eigenvalue weighted by molar-refractivity contribution is -0.115. The van der Waals surface area contributed by atoms with Gasteiger partial charge in [-0.25, -0.2) is 4.39 Å². The Kier molecular flexibility index (Phi) is 5.10. The topological polar surface area (TPSA) is 81.2 Å². The fourth-order valence-electron chi connectivity index (χ4n) is 2.00. The van der Waals surface area contributed by atoms with E-state index >= 15 is 0 Å². The lowest BCUT2D eigenvalue weighted by atomic mass is 10.3. The molecule has 0 saturated carbocycles. The Hall–Kier alpha value is -2.32. The number of halogens is 2. The van der Waals surface area contributed by atoms with E-state index < -0.39 is 11.1 Å². The predicted octanol–water partition coefficient (Wildman–Crippen LogP) is 4.55. The van der Waals surface area contributed by atoms with E-state index in [1.807, 2.05) is 0 Å². The number of furan rings is 1. The van der Waals surface area contributed by atoms with Crippen LogP contribution in [0.1, 0.15) is 12.7 Å². The summed E-state index contributed by atoms with van der Waals surface area (Å²) in [7, 11) is 0. The van der Waals surface area contributed by atoms with Crippen molar-refractivity contribution in [3.8, 4) is 11.5 Å². The molecule has 0 saturated heterocycles. The second-order valence-electron chi connectivity index (χ2n) is 5.14. The van der Waals surface area contributed by atoms with Crippen LogP contribution in [-0.2, 0) is 4.79 Å². The Morgan fingerprint density at radius 3 is 2.84 bits per heavy atom. The summed E-state index contributed by atoms with van der Waals surface area (Å²) in [6, 6.07) is 5.48. The number of anilines is 1. The zero-order valence-corrected chi connectivity index (χ0v) is 14.8. The van der Waals surface area contributed by atoms with E-state index in [1.165, 1.54) is 18.4 Å². The van der Waals surface area contributed by atoms with E-state index in [2.05, 4.69) is 15.5 Å². The highest BCUT2D eigenvalue weighted by Crippen LogP contribution is 2.29. The predicted molar refractivity (Wildman–Crippen MR) is 92.1 cm³/mol. The second-order valence-corrected chi connectivity index (χ2v) is 6.84.